The van der Waals surface area contributed by atoms with Gasteiger partial charge >= 0.3 is 0 Å². The van der Waals surface area contributed by atoms with Crippen LogP contribution in [0.3, 0.4) is 0 Å². The summed E-state index contributed by atoms with van der Waals surface area (Å²) in [6.07, 6.45) is 0. The summed E-state index contributed by atoms with van der Waals surface area (Å²) in [7, 11) is 1.44. The van der Waals surface area contributed by atoms with Crippen molar-refractivity contribution in [2.45, 2.75) is 0 Å². The number of halogens is 2. The van der Waals surface area contributed by atoms with Gasteiger partial charge in [-0.3, -0.25) is 0 Å². The molecule has 0 heterocycles. The highest BCUT2D eigenvalue weighted by Crippen LogP contribution is 2.36. The quantitative estimate of drug-likeness (QED) is 0.866. The molecule has 0 aliphatic carbocycles. The Kier molecular flexibility index (Phi) is 2.95. The Morgan fingerprint density at radius 2 is 1.59 bits per heavy atom. The molecule has 0 aliphatic heterocycles. The normalized spacial score (nSPS) is 10.3. The first-order valence-electron chi connectivity index (χ1n) is 4.94. The van der Waals surface area contributed by atoms with Crippen LogP contribution in [-0.4, -0.2) is 12.2 Å². The van der Waals surface area contributed by atoms with E-state index in [2.05, 4.69) is 0 Å². The SMILES string of the molecule is COc1ccc(F)cc1-c1ccc(F)cc1O. The van der Waals surface area contributed by atoms with Crippen molar-refractivity contribution in [3.05, 3.63) is 48.0 Å². The van der Waals surface area contributed by atoms with Gasteiger partial charge in [0.05, 0.1) is 7.11 Å². The summed E-state index contributed by atoms with van der Waals surface area (Å²) >= 11 is 0. The molecular formula is C13H10F2O2. The minimum Gasteiger partial charge on any atom is -0.507 e. The topological polar surface area (TPSA) is 29.5 Å². The van der Waals surface area contributed by atoms with Crippen LogP contribution in [0.15, 0.2) is 36.4 Å². The van der Waals surface area contributed by atoms with Gasteiger partial charge in [0.1, 0.15) is 23.1 Å². The van der Waals surface area contributed by atoms with Crippen molar-refractivity contribution in [2.24, 2.45) is 0 Å². The van der Waals surface area contributed by atoms with Crippen LogP contribution in [0.25, 0.3) is 11.1 Å². The molecule has 0 saturated carbocycles. The number of phenols is 1. The van der Waals surface area contributed by atoms with Gasteiger partial charge in [0.15, 0.2) is 0 Å². The van der Waals surface area contributed by atoms with Crippen LogP contribution >= 0.6 is 0 Å². The number of aromatic hydroxyl groups is 1. The second-order valence-electron chi connectivity index (χ2n) is 3.51. The minimum atomic E-state index is -0.554. The fraction of sp³-hybridized carbons (Fsp3) is 0.0769. The van der Waals surface area contributed by atoms with E-state index in [1.165, 1.54) is 37.4 Å². The third-order valence-corrected chi connectivity index (χ3v) is 2.41. The Morgan fingerprint density at radius 1 is 0.941 bits per heavy atom. The summed E-state index contributed by atoms with van der Waals surface area (Å²) in [6, 6.07) is 7.48. The molecule has 0 radical (unpaired) electrons. The van der Waals surface area contributed by atoms with Crippen molar-refractivity contribution in [2.75, 3.05) is 7.11 Å². The lowest BCUT2D eigenvalue weighted by atomic mass is 10.0. The van der Waals surface area contributed by atoms with E-state index in [1.807, 2.05) is 0 Å². The van der Waals surface area contributed by atoms with E-state index in [0.717, 1.165) is 6.07 Å². The van der Waals surface area contributed by atoms with Gasteiger partial charge in [-0.2, -0.15) is 0 Å². The minimum absolute atomic E-state index is 0.256. The second-order valence-corrected chi connectivity index (χ2v) is 3.51. The van der Waals surface area contributed by atoms with Gasteiger partial charge in [0.2, 0.25) is 0 Å². The number of methoxy groups -OCH3 is 1. The van der Waals surface area contributed by atoms with Crippen molar-refractivity contribution < 1.29 is 18.6 Å². The summed E-state index contributed by atoms with van der Waals surface area (Å²) in [6.45, 7) is 0. The van der Waals surface area contributed by atoms with Crippen LogP contribution in [0.5, 0.6) is 11.5 Å². The predicted octanol–water partition coefficient (Wildman–Crippen LogP) is 3.35. The van der Waals surface area contributed by atoms with E-state index < -0.39 is 11.6 Å². The monoisotopic (exact) mass is 236 g/mol. The molecule has 0 fully saturated rings. The lowest BCUT2D eigenvalue weighted by Crippen LogP contribution is -1.90. The third-order valence-electron chi connectivity index (χ3n) is 2.41. The Bertz CT molecular complexity index is 553. The van der Waals surface area contributed by atoms with E-state index in [9.17, 15) is 13.9 Å². The van der Waals surface area contributed by atoms with Gasteiger partial charge in [-0.25, -0.2) is 8.78 Å². The van der Waals surface area contributed by atoms with Crippen LogP contribution in [0.2, 0.25) is 0 Å². The van der Waals surface area contributed by atoms with Crippen LogP contribution < -0.4 is 4.74 Å². The molecule has 4 heteroatoms. The Balaban J connectivity index is 2.62. The van der Waals surface area contributed by atoms with Crippen molar-refractivity contribution in [1.29, 1.82) is 0 Å². The molecule has 0 saturated heterocycles. The van der Waals surface area contributed by atoms with E-state index in [0.29, 0.717) is 16.9 Å². The van der Waals surface area contributed by atoms with Gasteiger partial charge in [-0.05, 0) is 30.3 Å². The van der Waals surface area contributed by atoms with Crippen LogP contribution in [0.1, 0.15) is 0 Å². The molecule has 2 aromatic rings. The molecule has 2 rings (SSSR count). The van der Waals surface area contributed by atoms with Crippen LogP contribution in [0, 0.1) is 11.6 Å². The summed E-state index contributed by atoms with van der Waals surface area (Å²) in [5.74, 6) is -0.853. The highest BCUT2D eigenvalue weighted by Gasteiger charge is 2.11. The zero-order valence-corrected chi connectivity index (χ0v) is 9.08. The maximum absolute atomic E-state index is 13.2. The molecule has 2 nitrogen and oxygen atoms in total. The van der Waals surface area contributed by atoms with Crippen molar-refractivity contribution >= 4 is 0 Å². The van der Waals surface area contributed by atoms with Gasteiger partial charge in [0.25, 0.3) is 0 Å². The average molecular weight is 236 g/mol. The average Bonchev–Trinajstić information content (AvgIpc) is 2.29. The van der Waals surface area contributed by atoms with Crippen molar-refractivity contribution in [3.8, 4) is 22.6 Å². The zero-order valence-electron chi connectivity index (χ0n) is 9.08. The van der Waals surface area contributed by atoms with E-state index in [-0.39, 0.29) is 5.75 Å². The van der Waals surface area contributed by atoms with E-state index >= 15 is 0 Å². The molecule has 0 aromatic heterocycles. The maximum Gasteiger partial charge on any atom is 0.127 e. The van der Waals surface area contributed by atoms with Crippen molar-refractivity contribution in [1.82, 2.24) is 0 Å². The Hall–Kier alpha value is -2.10. The van der Waals surface area contributed by atoms with E-state index in [1.54, 1.807) is 0 Å². The molecule has 0 bridgehead atoms. The smallest absolute Gasteiger partial charge is 0.127 e. The molecule has 0 unspecified atom stereocenters. The van der Waals surface area contributed by atoms with Gasteiger partial charge in [-0.1, -0.05) is 0 Å². The predicted molar refractivity (Wildman–Crippen MR) is 60.0 cm³/mol. The Labute approximate surface area is 97.1 Å². The third kappa shape index (κ3) is 2.20. The lowest BCUT2D eigenvalue weighted by molar-refractivity contribution is 0.414. The number of hydrogen-bond acceptors (Lipinski definition) is 2. The first-order chi connectivity index (χ1) is 8.11. The van der Waals surface area contributed by atoms with Gasteiger partial charge in [-0.15, -0.1) is 0 Å². The molecule has 1 N–H and O–H groups in total. The standard InChI is InChI=1S/C13H10F2O2/c1-17-13-5-3-8(14)6-11(13)10-4-2-9(15)7-12(10)16/h2-7,16H,1H3. The molecule has 88 valence electrons. The first kappa shape index (κ1) is 11.4. The summed E-state index contributed by atoms with van der Waals surface area (Å²) in [5.41, 5.74) is 0.702. The maximum atomic E-state index is 13.2. The van der Waals surface area contributed by atoms with Gasteiger partial charge in [0, 0.05) is 17.2 Å². The molecule has 17 heavy (non-hydrogen) atoms. The number of rotatable bonds is 2. The highest BCUT2D eigenvalue weighted by atomic mass is 19.1. The number of benzene rings is 2. The summed E-state index contributed by atoms with van der Waals surface area (Å²) in [5, 5.41) is 9.64. The number of ether oxygens (including phenoxy) is 1. The number of phenolic OH excluding ortho intramolecular Hbond substituents is 1. The van der Waals surface area contributed by atoms with Gasteiger partial charge < -0.3 is 9.84 Å². The summed E-state index contributed by atoms with van der Waals surface area (Å²) in [4.78, 5) is 0. The molecule has 0 spiro atoms. The fourth-order valence-corrected chi connectivity index (χ4v) is 1.62. The Morgan fingerprint density at radius 3 is 2.24 bits per heavy atom. The zero-order chi connectivity index (χ0) is 12.4. The molecule has 2 aromatic carbocycles. The largest absolute Gasteiger partial charge is 0.507 e. The summed E-state index contributed by atoms with van der Waals surface area (Å²) < 4.78 is 31.1. The lowest BCUT2D eigenvalue weighted by Gasteiger charge is -2.10. The van der Waals surface area contributed by atoms with Crippen LogP contribution in [0.4, 0.5) is 8.78 Å². The highest BCUT2D eigenvalue weighted by molar-refractivity contribution is 5.75. The second kappa shape index (κ2) is 4.41. The molecular weight excluding hydrogens is 226 g/mol. The molecule has 0 amide bonds. The van der Waals surface area contributed by atoms with E-state index in [4.69, 9.17) is 4.74 Å². The van der Waals surface area contributed by atoms with Crippen LogP contribution in [-0.2, 0) is 0 Å². The first-order valence-corrected chi connectivity index (χ1v) is 4.94. The fourth-order valence-electron chi connectivity index (χ4n) is 1.62. The molecule has 0 aliphatic rings. The van der Waals surface area contributed by atoms with Crippen molar-refractivity contribution in [3.63, 3.8) is 0 Å². The number of hydrogen-bond donors (Lipinski definition) is 1. The molecule has 0 atom stereocenters.